The molecule has 0 radical (unpaired) electrons. The molecule has 3 heterocycles. The Morgan fingerprint density at radius 3 is 2.31 bits per heavy atom. The number of piperazine rings is 1. The standard InChI is InChI=1S/C17H24N4O4S/c1-13(22)20-6-8-21(9-7-20)17(23)14-3-4-16(18-11-14)19(2)15-5-10-26(24,25)12-15/h3-4,11,15H,5-10,12H2,1-2H3. The van der Waals surface area contributed by atoms with Crippen molar-refractivity contribution in [3.8, 4) is 0 Å². The van der Waals surface area contributed by atoms with Crippen molar-refractivity contribution in [1.82, 2.24) is 14.8 Å². The van der Waals surface area contributed by atoms with E-state index in [1.807, 2.05) is 11.9 Å². The molecule has 2 aliphatic heterocycles. The molecule has 0 aliphatic carbocycles. The minimum atomic E-state index is -2.95. The molecule has 2 fully saturated rings. The van der Waals surface area contributed by atoms with Crippen LogP contribution in [-0.2, 0) is 14.6 Å². The summed E-state index contributed by atoms with van der Waals surface area (Å²) >= 11 is 0. The summed E-state index contributed by atoms with van der Waals surface area (Å²) in [4.78, 5) is 33.6. The average molecular weight is 380 g/mol. The van der Waals surface area contributed by atoms with E-state index in [4.69, 9.17) is 0 Å². The number of amides is 2. The number of carbonyl (C=O) groups excluding carboxylic acids is 2. The van der Waals surface area contributed by atoms with E-state index in [0.29, 0.717) is 44.0 Å². The van der Waals surface area contributed by atoms with E-state index in [9.17, 15) is 18.0 Å². The van der Waals surface area contributed by atoms with Gasteiger partial charge in [0.2, 0.25) is 5.91 Å². The van der Waals surface area contributed by atoms with Crippen LogP contribution in [0.3, 0.4) is 0 Å². The zero-order valence-corrected chi connectivity index (χ0v) is 15.9. The summed E-state index contributed by atoms with van der Waals surface area (Å²) < 4.78 is 23.3. The number of sulfone groups is 1. The second kappa shape index (κ2) is 7.22. The highest BCUT2D eigenvalue weighted by atomic mass is 32.2. The molecular formula is C17H24N4O4S. The van der Waals surface area contributed by atoms with E-state index in [-0.39, 0.29) is 29.4 Å². The normalized spacial score (nSPS) is 22.3. The zero-order valence-electron chi connectivity index (χ0n) is 15.1. The Morgan fingerprint density at radius 2 is 1.81 bits per heavy atom. The average Bonchev–Trinajstić information content (AvgIpc) is 3.00. The van der Waals surface area contributed by atoms with Gasteiger partial charge in [-0.3, -0.25) is 9.59 Å². The molecule has 2 amide bonds. The minimum Gasteiger partial charge on any atom is -0.356 e. The first-order chi connectivity index (χ1) is 12.3. The number of anilines is 1. The molecule has 0 N–H and O–H groups in total. The lowest BCUT2D eigenvalue weighted by molar-refractivity contribution is -0.130. The molecule has 1 unspecified atom stereocenters. The highest BCUT2D eigenvalue weighted by molar-refractivity contribution is 7.91. The van der Waals surface area contributed by atoms with E-state index < -0.39 is 9.84 Å². The number of hydrogen-bond acceptors (Lipinski definition) is 6. The molecule has 0 saturated carbocycles. The topological polar surface area (TPSA) is 90.9 Å². The van der Waals surface area contributed by atoms with Crippen LogP contribution in [-0.4, -0.2) is 85.8 Å². The number of aromatic nitrogens is 1. The molecule has 2 aliphatic rings. The maximum atomic E-state index is 12.6. The quantitative estimate of drug-likeness (QED) is 0.734. The second-order valence-electron chi connectivity index (χ2n) is 6.87. The SMILES string of the molecule is CC(=O)N1CCN(C(=O)c2ccc(N(C)C3CCS(=O)(=O)C3)nc2)CC1. The van der Waals surface area contributed by atoms with E-state index in [0.717, 1.165) is 0 Å². The van der Waals surface area contributed by atoms with E-state index in [1.54, 1.807) is 21.9 Å². The minimum absolute atomic E-state index is 0.0279. The van der Waals surface area contributed by atoms with Crippen LogP contribution >= 0.6 is 0 Å². The van der Waals surface area contributed by atoms with Crippen LogP contribution in [0, 0.1) is 0 Å². The third-order valence-electron chi connectivity index (χ3n) is 5.12. The highest BCUT2D eigenvalue weighted by Crippen LogP contribution is 2.21. The van der Waals surface area contributed by atoms with Gasteiger partial charge >= 0.3 is 0 Å². The van der Waals surface area contributed by atoms with E-state index in [2.05, 4.69) is 4.98 Å². The molecule has 9 heteroatoms. The Bertz CT molecular complexity index is 785. The van der Waals surface area contributed by atoms with Crippen molar-refractivity contribution in [2.75, 3.05) is 49.6 Å². The summed E-state index contributed by atoms with van der Waals surface area (Å²) in [7, 11) is -1.12. The molecule has 1 aromatic heterocycles. The van der Waals surface area contributed by atoms with Crippen molar-refractivity contribution >= 4 is 27.5 Å². The second-order valence-corrected chi connectivity index (χ2v) is 9.10. The fourth-order valence-electron chi connectivity index (χ4n) is 3.40. The summed E-state index contributed by atoms with van der Waals surface area (Å²) in [6.45, 7) is 3.66. The Hall–Kier alpha value is -2.16. The fraction of sp³-hybridized carbons (Fsp3) is 0.588. The molecule has 0 bridgehead atoms. The van der Waals surface area contributed by atoms with Gasteiger partial charge in [0, 0.05) is 52.4 Å². The van der Waals surface area contributed by atoms with Crippen LogP contribution in [0.5, 0.6) is 0 Å². The first-order valence-electron chi connectivity index (χ1n) is 8.71. The zero-order chi connectivity index (χ0) is 18.9. The Labute approximate surface area is 153 Å². The third kappa shape index (κ3) is 3.98. The third-order valence-corrected chi connectivity index (χ3v) is 6.87. The molecule has 1 aromatic rings. The molecule has 0 aromatic carbocycles. The molecular weight excluding hydrogens is 356 g/mol. The van der Waals surface area contributed by atoms with Crippen molar-refractivity contribution < 1.29 is 18.0 Å². The Balaban J connectivity index is 1.62. The van der Waals surface area contributed by atoms with Crippen molar-refractivity contribution in [2.45, 2.75) is 19.4 Å². The van der Waals surface area contributed by atoms with Crippen LogP contribution in [0.15, 0.2) is 18.3 Å². The van der Waals surface area contributed by atoms with Crippen molar-refractivity contribution in [3.05, 3.63) is 23.9 Å². The molecule has 0 spiro atoms. The predicted molar refractivity (Wildman–Crippen MR) is 97.9 cm³/mol. The van der Waals surface area contributed by atoms with Gasteiger partial charge < -0.3 is 14.7 Å². The van der Waals surface area contributed by atoms with Crippen LogP contribution in [0.1, 0.15) is 23.7 Å². The van der Waals surface area contributed by atoms with Crippen LogP contribution in [0.2, 0.25) is 0 Å². The monoisotopic (exact) mass is 380 g/mol. The van der Waals surface area contributed by atoms with Gasteiger partial charge in [-0.1, -0.05) is 0 Å². The fourth-order valence-corrected chi connectivity index (χ4v) is 5.17. The van der Waals surface area contributed by atoms with Gasteiger partial charge in [0.15, 0.2) is 9.84 Å². The molecule has 8 nitrogen and oxygen atoms in total. The molecule has 1 atom stereocenters. The summed E-state index contributed by atoms with van der Waals surface area (Å²) in [5, 5.41) is 0. The van der Waals surface area contributed by atoms with E-state index >= 15 is 0 Å². The first-order valence-corrected chi connectivity index (χ1v) is 10.5. The Morgan fingerprint density at radius 1 is 1.15 bits per heavy atom. The highest BCUT2D eigenvalue weighted by Gasteiger charge is 2.31. The van der Waals surface area contributed by atoms with Gasteiger partial charge in [-0.05, 0) is 18.6 Å². The van der Waals surface area contributed by atoms with Gasteiger partial charge in [-0.25, -0.2) is 13.4 Å². The molecule has 142 valence electrons. The number of hydrogen-bond donors (Lipinski definition) is 0. The van der Waals surface area contributed by atoms with E-state index in [1.165, 1.54) is 13.1 Å². The number of rotatable bonds is 3. The molecule has 26 heavy (non-hydrogen) atoms. The summed E-state index contributed by atoms with van der Waals surface area (Å²) in [5.74, 6) is 0.945. The largest absolute Gasteiger partial charge is 0.356 e. The maximum Gasteiger partial charge on any atom is 0.255 e. The lowest BCUT2D eigenvalue weighted by Crippen LogP contribution is -2.50. The van der Waals surface area contributed by atoms with Gasteiger partial charge in [0.05, 0.1) is 17.1 Å². The summed E-state index contributed by atoms with van der Waals surface area (Å²) in [5.41, 5.74) is 0.498. The van der Waals surface area contributed by atoms with Crippen LogP contribution in [0.4, 0.5) is 5.82 Å². The maximum absolute atomic E-state index is 12.6. The smallest absolute Gasteiger partial charge is 0.255 e. The van der Waals surface area contributed by atoms with Crippen LogP contribution < -0.4 is 4.90 Å². The number of pyridine rings is 1. The Kier molecular flexibility index (Phi) is 5.17. The number of carbonyl (C=O) groups is 2. The van der Waals surface area contributed by atoms with Gasteiger partial charge in [0.25, 0.3) is 5.91 Å². The molecule has 3 rings (SSSR count). The first kappa shape index (κ1) is 18.6. The lowest BCUT2D eigenvalue weighted by atomic mass is 10.2. The van der Waals surface area contributed by atoms with Crippen molar-refractivity contribution in [3.63, 3.8) is 0 Å². The number of nitrogens with zero attached hydrogens (tertiary/aromatic N) is 4. The van der Waals surface area contributed by atoms with Gasteiger partial charge in [-0.2, -0.15) is 0 Å². The van der Waals surface area contributed by atoms with Crippen molar-refractivity contribution in [1.29, 1.82) is 0 Å². The summed E-state index contributed by atoms with van der Waals surface area (Å²) in [6, 6.07) is 3.40. The van der Waals surface area contributed by atoms with Gasteiger partial charge in [-0.15, -0.1) is 0 Å². The van der Waals surface area contributed by atoms with Crippen LogP contribution in [0.25, 0.3) is 0 Å². The molecule has 2 saturated heterocycles. The van der Waals surface area contributed by atoms with Crippen molar-refractivity contribution in [2.24, 2.45) is 0 Å². The lowest BCUT2D eigenvalue weighted by Gasteiger charge is -2.34. The summed E-state index contributed by atoms with van der Waals surface area (Å²) in [6.07, 6.45) is 2.14. The predicted octanol–water partition coefficient (Wildman–Crippen LogP) is 0.00920. The van der Waals surface area contributed by atoms with Gasteiger partial charge in [0.1, 0.15) is 5.82 Å².